The van der Waals surface area contributed by atoms with Crippen LogP contribution in [0.2, 0.25) is 0 Å². The van der Waals surface area contributed by atoms with Crippen molar-refractivity contribution in [3.8, 4) is 17.0 Å². The molecule has 2 rings (SSSR count). The molecule has 0 aliphatic heterocycles. The molecule has 0 spiro atoms. The SMILES string of the molecule is CCc1cc(-c2cc(C(F)F)c(OC[C@H](C)CC(C)C)cn2)ccn1. The molecule has 2 heterocycles. The lowest BCUT2D eigenvalue weighted by Gasteiger charge is -2.17. The minimum atomic E-state index is -2.61. The molecule has 0 bridgehead atoms. The summed E-state index contributed by atoms with van der Waals surface area (Å²) in [6.07, 6.45) is 2.25. The minimum absolute atomic E-state index is 0.114. The summed E-state index contributed by atoms with van der Waals surface area (Å²) in [5, 5.41) is 0. The second-order valence-corrected chi connectivity index (χ2v) is 6.84. The normalized spacial score (nSPS) is 12.6. The van der Waals surface area contributed by atoms with Gasteiger partial charge in [0.1, 0.15) is 5.75 Å². The highest BCUT2D eigenvalue weighted by molar-refractivity contribution is 5.61. The average Bonchev–Trinajstić information content (AvgIpc) is 2.59. The molecule has 0 saturated heterocycles. The van der Waals surface area contributed by atoms with Crippen LogP contribution in [0, 0.1) is 11.8 Å². The van der Waals surface area contributed by atoms with E-state index in [9.17, 15) is 8.78 Å². The lowest BCUT2D eigenvalue weighted by atomic mass is 10.00. The van der Waals surface area contributed by atoms with Gasteiger partial charge in [0.25, 0.3) is 6.43 Å². The first-order valence-corrected chi connectivity index (χ1v) is 8.76. The van der Waals surface area contributed by atoms with Gasteiger partial charge in [-0.25, -0.2) is 8.78 Å². The maximum Gasteiger partial charge on any atom is 0.267 e. The van der Waals surface area contributed by atoms with Crippen molar-refractivity contribution in [2.75, 3.05) is 6.61 Å². The monoisotopic (exact) mass is 348 g/mol. The van der Waals surface area contributed by atoms with Gasteiger partial charge >= 0.3 is 0 Å². The first-order chi connectivity index (χ1) is 11.9. The zero-order chi connectivity index (χ0) is 18.4. The molecule has 136 valence electrons. The molecule has 0 radical (unpaired) electrons. The van der Waals surface area contributed by atoms with Gasteiger partial charge in [-0.05, 0) is 42.9 Å². The van der Waals surface area contributed by atoms with Crippen LogP contribution in [0.25, 0.3) is 11.3 Å². The number of aryl methyl sites for hydroxylation is 1. The van der Waals surface area contributed by atoms with Gasteiger partial charge in [0, 0.05) is 17.5 Å². The van der Waals surface area contributed by atoms with E-state index in [0.717, 1.165) is 24.1 Å². The third-order valence-corrected chi connectivity index (χ3v) is 4.00. The predicted molar refractivity (Wildman–Crippen MR) is 95.9 cm³/mol. The molecular formula is C20H26F2N2O. The number of hydrogen-bond acceptors (Lipinski definition) is 3. The molecule has 0 aliphatic rings. The van der Waals surface area contributed by atoms with Gasteiger partial charge in [-0.15, -0.1) is 0 Å². The highest BCUT2D eigenvalue weighted by Gasteiger charge is 2.18. The molecule has 0 saturated carbocycles. The van der Waals surface area contributed by atoms with Crippen LogP contribution in [0.1, 0.15) is 51.8 Å². The van der Waals surface area contributed by atoms with Crippen molar-refractivity contribution >= 4 is 0 Å². The minimum Gasteiger partial charge on any atom is -0.491 e. The van der Waals surface area contributed by atoms with Gasteiger partial charge < -0.3 is 4.74 Å². The molecular weight excluding hydrogens is 322 g/mol. The Hall–Kier alpha value is -2.04. The van der Waals surface area contributed by atoms with Crippen LogP contribution < -0.4 is 4.74 Å². The smallest absolute Gasteiger partial charge is 0.267 e. The van der Waals surface area contributed by atoms with Gasteiger partial charge in [-0.3, -0.25) is 9.97 Å². The molecule has 1 atom stereocenters. The number of hydrogen-bond donors (Lipinski definition) is 0. The van der Waals surface area contributed by atoms with E-state index in [-0.39, 0.29) is 11.3 Å². The van der Waals surface area contributed by atoms with Gasteiger partial charge in [0.15, 0.2) is 0 Å². The van der Waals surface area contributed by atoms with Crippen LogP contribution in [0.3, 0.4) is 0 Å². The lowest BCUT2D eigenvalue weighted by molar-refractivity contribution is 0.142. The molecule has 0 unspecified atom stereocenters. The maximum absolute atomic E-state index is 13.5. The molecule has 0 aromatic carbocycles. The van der Waals surface area contributed by atoms with E-state index in [1.165, 1.54) is 12.3 Å². The summed E-state index contributed by atoms with van der Waals surface area (Å²) in [5.74, 6) is 1.02. The van der Waals surface area contributed by atoms with E-state index in [1.807, 2.05) is 13.0 Å². The highest BCUT2D eigenvalue weighted by Crippen LogP contribution is 2.32. The van der Waals surface area contributed by atoms with Crippen LogP contribution in [0.5, 0.6) is 5.75 Å². The topological polar surface area (TPSA) is 35.0 Å². The fourth-order valence-electron chi connectivity index (χ4n) is 2.84. The summed E-state index contributed by atoms with van der Waals surface area (Å²) < 4.78 is 32.6. The van der Waals surface area contributed by atoms with Crippen LogP contribution in [-0.4, -0.2) is 16.6 Å². The number of nitrogens with zero attached hydrogens (tertiary/aromatic N) is 2. The van der Waals surface area contributed by atoms with E-state index < -0.39 is 6.43 Å². The van der Waals surface area contributed by atoms with Crippen molar-refractivity contribution in [1.29, 1.82) is 0 Å². The molecule has 0 fully saturated rings. The molecule has 5 heteroatoms. The van der Waals surface area contributed by atoms with Crippen molar-refractivity contribution in [2.24, 2.45) is 11.8 Å². The fourth-order valence-corrected chi connectivity index (χ4v) is 2.84. The number of ether oxygens (including phenoxy) is 1. The van der Waals surface area contributed by atoms with Crippen LogP contribution in [0.15, 0.2) is 30.6 Å². The Balaban J connectivity index is 2.22. The molecule has 2 aromatic rings. The van der Waals surface area contributed by atoms with E-state index in [4.69, 9.17) is 4.74 Å². The second-order valence-electron chi connectivity index (χ2n) is 6.84. The van der Waals surface area contributed by atoms with Crippen molar-refractivity contribution in [2.45, 2.75) is 47.0 Å². The molecule has 3 nitrogen and oxygen atoms in total. The number of pyridine rings is 2. The third kappa shape index (κ3) is 5.48. The van der Waals surface area contributed by atoms with E-state index >= 15 is 0 Å². The van der Waals surface area contributed by atoms with Crippen LogP contribution in [0.4, 0.5) is 8.78 Å². The summed E-state index contributed by atoms with van der Waals surface area (Å²) in [4.78, 5) is 8.55. The molecule has 0 N–H and O–H groups in total. The largest absolute Gasteiger partial charge is 0.491 e. The Morgan fingerprint density at radius 2 is 1.88 bits per heavy atom. The molecule has 25 heavy (non-hydrogen) atoms. The Kier molecular flexibility index (Phi) is 6.85. The zero-order valence-corrected chi connectivity index (χ0v) is 15.3. The van der Waals surface area contributed by atoms with Crippen molar-refractivity contribution < 1.29 is 13.5 Å². The maximum atomic E-state index is 13.5. The Labute approximate surface area is 148 Å². The summed E-state index contributed by atoms with van der Waals surface area (Å²) in [6, 6.07) is 5.08. The Morgan fingerprint density at radius 1 is 1.12 bits per heavy atom. The molecule has 2 aromatic heterocycles. The Morgan fingerprint density at radius 3 is 2.52 bits per heavy atom. The summed E-state index contributed by atoms with van der Waals surface area (Å²) in [7, 11) is 0. The quantitative estimate of drug-likeness (QED) is 0.613. The number of aromatic nitrogens is 2. The van der Waals surface area contributed by atoms with Crippen LogP contribution in [-0.2, 0) is 6.42 Å². The van der Waals surface area contributed by atoms with Gasteiger partial charge in [0.2, 0.25) is 0 Å². The average molecular weight is 348 g/mol. The predicted octanol–water partition coefficient (Wildman–Crippen LogP) is 5.70. The van der Waals surface area contributed by atoms with Gasteiger partial charge in [-0.2, -0.15) is 0 Å². The summed E-state index contributed by atoms with van der Waals surface area (Å²) in [6.45, 7) is 8.74. The molecule has 0 amide bonds. The number of rotatable bonds is 8. The van der Waals surface area contributed by atoms with Crippen LogP contribution >= 0.6 is 0 Å². The fraction of sp³-hybridized carbons (Fsp3) is 0.500. The second kappa shape index (κ2) is 8.88. The van der Waals surface area contributed by atoms with Crippen molar-refractivity contribution in [1.82, 2.24) is 9.97 Å². The third-order valence-electron chi connectivity index (χ3n) is 4.00. The Bertz CT molecular complexity index is 689. The van der Waals surface area contributed by atoms with Crippen molar-refractivity contribution in [3.63, 3.8) is 0 Å². The first-order valence-electron chi connectivity index (χ1n) is 8.76. The first kappa shape index (κ1) is 19.3. The number of halogens is 2. The van der Waals surface area contributed by atoms with Crippen molar-refractivity contribution in [3.05, 3.63) is 41.9 Å². The standard InChI is InChI=1S/C20H26F2N2O/c1-5-16-9-15(6-7-23-16)18-10-17(20(21)22)19(11-24-18)25-12-14(4)8-13(2)3/h6-7,9-11,13-14,20H,5,8,12H2,1-4H3/t14-/m1/s1. The summed E-state index contributed by atoms with van der Waals surface area (Å²) >= 11 is 0. The highest BCUT2D eigenvalue weighted by atomic mass is 19.3. The van der Waals surface area contributed by atoms with E-state index in [2.05, 4.69) is 30.7 Å². The zero-order valence-electron chi connectivity index (χ0n) is 15.3. The van der Waals surface area contributed by atoms with E-state index in [1.54, 1.807) is 12.3 Å². The molecule has 0 aliphatic carbocycles. The van der Waals surface area contributed by atoms with E-state index in [0.29, 0.717) is 24.1 Å². The summed E-state index contributed by atoms with van der Waals surface area (Å²) in [5.41, 5.74) is 2.08. The lowest BCUT2D eigenvalue weighted by Crippen LogP contribution is -2.12. The van der Waals surface area contributed by atoms with Gasteiger partial charge in [-0.1, -0.05) is 27.7 Å². The van der Waals surface area contributed by atoms with Gasteiger partial charge in [0.05, 0.1) is 24.1 Å². The number of alkyl halides is 2.